The summed E-state index contributed by atoms with van der Waals surface area (Å²) < 4.78 is 11.0. The molecule has 0 saturated carbocycles. The molecule has 1 aromatic rings. The molecule has 0 bridgehead atoms. The van der Waals surface area contributed by atoms with Crippen LogP contribution in [0, 0.1) is 11.7 Å². The van der Waals surface area contributed by atoms with Gasteiger partial charge in [-0.15, -0.1) is 0 Å². The molecule has 21 heavy (non-hydrogen) atoms. The fraction of sp³-hybridized carbons (Fsp3) is 0.385. The summed E-state index contributed by atoms with van der Waals surface area (Å²) in [7, 11) is 0. The Balaban J connectivity index is 2.94. The van der Waals surface area contributed by atoms with Gasteiger partial charge in [-0.2, -0.15) is 0 Å². The molecule has 1 unspecified atom stereocenters. The highest BCUT2D eigenvalue weighted by atomic mass is 35.6. The second-order valence-electron chi connectivity index (χ2n) is 4.63. The molecule has 0 aliphatic heterocycles. The molecular formula is C13H15Cl3FN3O. The van der Waals surface area contributed by atoms with Gasteiger partial charge in [0.15, 0.2) is 6.17 Å². The Morgan fingerprint density at radius 1 is 1.29 bits per heavy atom. The van der Waals surface area contributed by atoms with Crippen LogP contribution in [-0.4, -0.2) is 21.7 Å². The first-order chi connectivity index (χ1) is 9.61. The highest BCUT2D eigenvalue weighted by Gasteiger charge is 2.34. The number of benzene rings is 1. The predicted molar refractivity (Wildman–Crippen MR) is 84.4 cm³/mol. The zero-order valence-electron chi connectivity index (χ0n) is 11.4. The Labute approximate surface area is 137 Å². The number of nitrogens with two attached hydrogens (primary N) is 1. The van der Waals surface area contributed by atoms with E-state index in [0.717, 1.165) is 12.1 Å². The van der Waals surface area contributed by atoms with Crippen LogP contribution in [0.1, 0.15) is 24.2 Å². The largest absolute Gasteiger partial charge is 0.387 e. The number of aliphatic imine (C=N–C) groups is 1. The average Bonchev–Trinajstić information content (AvgIpc) is 2.37. The van der Waals surface area contributed by atoms with Crippen LogP contribution < -0.4 is 11.1 Å². The molecule has 0 spiro atoms. The SMILES string of the molecule is CC(C)/C(N)=N/C(NC(=O)c1ccc(F)cc1)C(Cl)(Cl)Cl. The van der Waals surface area contributed by atoms with Gasteiger partial charge in [0.1, 0.15) is 5.82 Å². The summed E-state index contributed by atoms with van der Waals surface area (Å²) in [6, 6.07) is 4.95. The highest BCUT2D eigenvalue weighted by molar-refractivity contribution is 6.68. The van der Waals surface area contributed by atoms with Crippen molar-refractivity contribution >= 4 is 46.5 Å². The summed E-state index contributed by atoms with van der Waals surface area (Å²) in [6.07, 6.45) is -1.15. The van der Waals surface area contributed by atoms with E-state index in [9.17, 15) is 9.18 Å². The zero-order valence-corrected chi connectivity index (χ0v) is 13.7. The minimum absolute atomic E-state index is 0.0671. The topological polar surface area (TPSA) is 67.5 Å². The van der Waals surface area contributed by atoms with E-state index in [4.69, 9.17) is 40.5 Å². The van der Waals surface area contributed by atoms with Crippen molar-refractivity contribution in [3.63, 3.8) is 0 Å². The van der Waals surface area contributed by atoms with Gasteiger partial charge in [0.05, 0.1) is 5.84 Å². The Bertz CT molecular complexity index is 526. The van der Waals surface area contributed by atoms with Crippen molar-refractivity contribution in [2.45, 2.75) is 23.8 Å². The zero-order chi connectivity index (χ0) is 16.2. The number of hydrogen-bond acceptors (Lipinski definition) is 2. The van der Waals surface area contributed by atoms with E-state index in [0.29, 0.717) is 0 Å². The van der Waals surface area contributed by atoms with Crippen molar-refractivity contribution in [2.24, 2.45) is 16.6 Å². The normalized spacial score (nSPS) is 14.1. The van der Waals surface area contributed by atoms with Crippen molar-refractivity contribution < 1.29 is 9.18 Å². The van der Waals surface area contributed by atoms with Crippen LogP contribution in [-0.2, 0) is 0 Å². The fourth-order valence-electron chi connectivity index (χ4n) is 1.29. The van der Waals surface area contributed by atoms with Gasteiger partial charge in [-0.1, -0.05) is 48.7 Å². The lowest BCUT2D eigenvalue weighted by molar-refractivity contribution is 0.0938. The number of rotatable bonds is 4. The lowest BCUT2D eigenvalue weighted by Gasteiger charge is -2.23. The fourth-order valence-corrected chi connectivity index (χ4v) is 1.60. The minimum Gasteiger partial charge on any atom is -0.387 e. The molecule has 0 saturated heterocycles. The molecule has 1 aromatic carbocycles. The van der Waals surface area contributed by atoms with E-state index in [-0.39, 0.29) is 17.3 Å². The molecule has 0 heterocycles. The average molecular weight is 355 g/mol. The number of nitrogens with one attached hydrogen (secondary N) is 1. The Hall–Kier alpha value is -1.04. The maximum Gasteiger partial charge on any atom is 0.253 e. The van der Waals surface area contributed by atoms with Crippen LogP contribution in [0.25, 0.3) is 0 Å². The van der Waals surface area contributed by atoms with Crippen LogP contribution in [0.3, 0.4) is 0 Å². The second kappa shape index (κ2) is 7.29. The summed E-state index contributed by atoms with van der Waals surface area (Å²) >= 11 is 17.4. The summed E-state index contributed by atoms with van der Waals surface area (Å²) in [4.78, 5) is 16.1. The third kappa shape index (κ3) is 5.69. The Kier molecular flexibility index (Phi) is 6.25. The van der Waals surface area contributed by atoms with Crippen LogP contribution in [0.15, 0.2) is 29.3 Å². The maximum absolute atomic E-state index is 12.8. The van der Waals surface area contributed by atoms with Crippen LogP contribution >= 0.6 is 34.8 Å². The number of carbonyl (C=O) groups excluding carboxylic acids is 1. The molecule has 1 atom stereocenters. The molecule has 4 nitrogen and oxygen atoms in total. The molecule has 8 heteroatoms. The number of amidine groups is 1. The van der Waals surface area contributed by atoms with Gasteiger partial charge in [0.2, 0.25) is 3.79 Å². The van der Waals surface area contributed by atoms with Crippen molar-refractivity contribution in [2.75, 3.05) is 0 Å². The van der Waals surface area contributed by atoms with Crippen LogP contribution in [0.4, 0.5) is 4.39 Å². The van der Waals surface area contributed by atoms with E-state index in [2.05, 4.69) is 10.3 Å². The van der Waals surface area contributed by atoms with Crippen LogP contribution in [0.2, 0.25) is 0 Å². The molecule has 116 valence electrons. The molecule has 0 aliphatic carbocycles. The van der Waals surface area contributed by atoms with Gasteiger partial charge < -0.3 is 11.1 Å². The monoisotopic (exact) mass is 353 g/mol. The molecule has 1 rings (SSSR count). The molecule has 0 fully saturated rings. The highest BCUT2D eigenvalue weighted by Crippen LogP contribution is 2.31. The Morgan fingerprint density at radius 3 is 2.24 bits per heavy atom. The van der Waals surface area contributed by atoms with E-state index >= 15 is 0 Å². The number of alkyl halides is 3. The molecule has 0 aromatic heterocycles. The first kappa shape index (κ1) is 18.0. The first-order valence-corrected chi connectivity index (χ1v) is 7.21. The minimum atomic E-state index is -1.87. The lowest BCUT2D eigenvalue weighted by atomic mass is 10.2. The number of nitrogens with zero attached hydrogens (tertiary/aromatic N) is 1. The van der Waals surface area contributed by atoms with Gasteiger partial charge in [-0.3, -0.25) is 4.79 Å². The molecular weight excluding hydrogens is 340 g/mol. The number of carbonyl (C=O) groups is 1. The summed E-state index contributed by atoms with van der Waals surface area (Å²) in [5.74, 6) is -0.827. The van der Waals surface area contributed by atoms with E-state index in [1.807, 2.05) is 13.8 Å². The van der Waals surface area contributed by atoms with E-state index < -0.39 is 21.7 Å². The number of amides is 1. The lowest BCUT2D eigenvalue weighted by Crippen LogP contribution is -2.44. The van der Waals surface area contributed by atoms with Crippen molar-refractivity contribution in [3.8, 4) is 0 Å². The Morgan fingerprint density at radius 2 is 1.81 bits per heavy atom. The van der Waals surface area contributed by atoms with Crippen molar-refractivity contribution in [3.05, 3.63) is 35.6 Å². The van der Waals surface area contributed by atoms with E-state index in [1.54, 1.807) is 0 Å². The second-order valence-corrected chi connectivity index (χ2v) is 7.00. The molecule has 1 amide bonds. The third-order valence-electron chi connectivity index (χ3n) is 2.55. The number of hydrogen-bond donors (Lipinski definition) is 2. The predicted octanol–water partition coefficient (Wildman–Crippen LogP) is 3.27. The van der Waals surface area contributed by atoms with Gasteiger partial charge in [0.25, 0.3) is 5.91 Å². The van der Waals surface area contributed by atoms with Crippen molar-refractivity contribution in [1.29, 1.82) is 0 Å². The third-order valence-corrected chi connectivity index (χ3v) is 3.17. The summed E-state index contributed by atoms with van der Waals surface area (Å²) in [6.45, 7) is 3.63. The van der Waals surface area contributed by atoms with Gasteiger partial charge >= 0.3 is 0 Å². The standard InChI is InChI=1S/C13H15Cl3FN3O/c1-7(2)10(18)19-12(13(14,15)16)20-11(21)8-3-5-9(17)6-4-8/h3-7,12H,1-2H3,(H2,18,19)(H,20,21). The van der Waals surface area contributed by atoms with Crippen LogP contribution in [0.5, 0.6) is 0 Å². The summed E-state index contributed by atoms with van der Waals surface area (Å²) in [5.41, 5.74) is 5.94. The first-order valence-electron chi connectivity index (χ1n) is 6.07. The van der Waals surface area contributed by atoms with Gasteiger partial charge in [0, 0.05) is 11.5 Å². The smallest absolute Gasteiger partial charge is 0.253 e. The molecule has 3 N–H and O–H groups in total. The quantitative estimate of drug-likeness (QED) is 0.495. The summed E-state index contributed by atoms with van der Waals surface area (Å²) in [5, 5.41) is 2.45. The maximum atomic E-state index is 12.8. The van der Waals surface area contributed by atoms with Crippen molar-refractivity contribution in [1.82, 2.24) is 5.32 Å². The molecule has 0 radical (unpaired) electrons. The van der Waals surface area contributed by atoms with Gasteiger partial charge in [-0.05, 0) is 24.3 Å². The number of halogens is 4. The van der Waals surface area contributed by atoms with E-state index in [1.165, 1.54) is 12.1 Å². The van der Waals surface area contributed by atoms with Gasteiger partial charge in [-0.25, -0.2) is 9.38 Å². The molecule has 0 aliphatic rings.